The van der Waals surface area contributed by atoms with Crippen molar-refractivity contribution in [2.45, 2.75) is 0 Å². The van der Waals surface area contributed by atoms with Crippen molar-refractivity contribution in [2.75, 3.05) is 11.9 Å². The molecule has 0 bridgehead atoms. The van der Waals surface area contributed by atoms with Crippen LogP contribution in [0.4, 0.5) is 11.8 Å². The first-order chi connectivity index (χ1) is 8.81. The smallest absolute Gasteiger partial charge is 0.229 e. The average molecular weight is 239 g/mol. The summed E-state index contributed by atoms with van der Waals surface area (Å²) < 4.78 is 0. The van der Waals surface area contributed by atoms with E-state index in [0.29, 0.717) is 22.5 Å². The van der Waals surface area contributed by atoms with Crippen LogP contribution in [-0.2, 0) is 4.79 Å². The third kappa shape index (κ3) is 2.08. The molecule has 1 N–H and O–H groups in total. The van der Waals surface area contributed by atoms with Gasteiger partial charge < -0.3 is 5.32 Å². The van der Waals surface area contributed by atoms with Crippen LogP contribution >= 0.6 is 0 Å². The van der Waals surface area contributed by atoms with Crippen LogP contribution in [0.2, 0.25) is 0 Å². The van der Waals surface area contributed by atoms with Crippen molar-refractivity contribution in [3.05, 3.63) is 41.3 Å². The molecule has 0 aliphatic carbocycles. The zero-order valence-corrected chi connectivity index (χ0v) is 9.37. The minimum Gasteiger partial charge on any atom is -0.309 e. The summed E-state index contributed by atoms with van der Waals surface area (Å²) in [5, 5.41) is 4.14. The number of hydrogen-bond donors (Lipinski definition) is 1. The van der Waals surface area contributed by atoms with Crippen molar-refractivity contribution in [2.24, 2.45) is 4.99 Å². The predicted octanol–water partition coefficient (Wildman–Crippen LogP) is -0.402. The van der Waals surface area contributed by atoms with Crippen LogP contribution in [0.5, 0.6) is 0 Å². The lowest BCUT2D eigenvalue weighted by Crippen LogP contribution is -2.35. The zero-order valence-electron chi connectivity index (χ0n) is 9.37. The molecule has 0 amide bonds. The van der Waals surface area contributed by atoms with Gasteiger partial charge in [0, 0.05) is 12.3 Å². The third-order valence-electron chi connectivity index (χ3n) is 2.41. The number of nitrogens with zero attached hydrogens (tertiary/aromatic N) is 4. The Balaban J connectivity index is 1.99. The second-order valence-corrected chi connectivity index (χ2v) is 3.73. The molecule has 1 aliphatic rings. The van der Waals surface area contributed by atoms with E-state index in [-0.39, 0.29) is 12.3 Å². The molecule has 88 valence electrons. The highest BCUT2D eigenvalue weighted by Gasteiger charge is 2.05. The van der Waals surface area contributed by atoms with E-state index in [1.54, 1.807) is 12.4 Å². The molecule has 0 radical (unpaired) electrons. The monoisotopic (exact) mass is 239 g/mol. The Labute approximate surface area is 102 Å². The van der Waals surface area contributed by atoms with Gasteiger partial charge in [-0.25, -0.2) is 15.0 Å². The van der Waals surface area contributed by atoms with E-state index in [2.05, 4.69) is 25.3 Å². The zero-order chi connectivity index (χ0) is 12.4. The van der Waals surface area contributed by atoms with E-state index in [1.165, 1.54) is 6.08 Å². The van der Waals surface area contributed by atoms with E-state index in [0.717, 1.165) is 0 Å². The SMILES string of the molecule is O=C1C=c2nc(Nc3ccccn3)ncc2=NC1. The number of rotatable bonds is 2. The third-order valence-corrected chi connectivity index (χ3v) is 2.41. The van der Waals surface area contributed by atoms with Gasteiger partial charge in [0.05, 0.1) is 11.5 Å². The summed E-state index contributed by atoms with van der Waals surface area (Å²) in [4.78, 5) is 27.8. The highest BCUT2D eigenvalue weighted by molar-refractivity contribution is 6.07. The molecule has 2 aromatic rings. The fourth-order valence-electron chi connectivity index (χ4n) is 1.59. The standard InChI is InChI=1S/C12H9N5O/c18-8-5-9-10(14-6-8)7-15-12(16-9)17-11-3-1-2-4-13-11/h1-5,7H,6H2,(H,13,16,17). The van der Waals surface area contributed by atoms with Crippen molar-refractivity contribution in [1.29, 1.82) is 0 Å². The second-order valence-electron chi connectivity index (χ2n) is 3.73. The second kappa shape index (κ2) is 4.33. The minimum atomic E-state index is -0.0509. The van der Waals surface area contributed by atoms with Crippen LogP contribution in [0.3, 0.4) is 0 Å². The molecule has 0 spiro atoms. The Hall–Kier alpha value is -2.63. The number of ketones is 1. The first-order valence-electron chi connectivity index (χ1n) is 5.41. The molecule has 18 heavy (non-hydrogen) atoms. The van der Waals surface area contributed by atoms with E-state index >= 15 is 0 Å². The van der Waals surface area contributed by atoms with Crippen molar-refractivity contribution in [3.8, 4) is 0 Å². The predicted molar refractivity (Wildman–Crippen MR) is 64.7 cm³/mol. The van der Waals surface area contributed by atoms with E-state index in [4.69, 9.17) is 0 Å². The molecule has 0 aromatic carbocycles. The lowest BCUT2D eigenvalue weighted by molar-refractivity contribution is -0.112. The number of carbonyl (C=O) groups is 1. The number of aromatic nitrogens is 3. The van der Waals surface area contributed by atoms with Gasteiger partial charge in [-0.15, -0.1) is 0 Å². The van der Waals surface area contributed by atoms with Crippen LogP contribution in [0.1, 0.15) is 0 Å². The number of carbonyl (C=O) groups excluding carboxylic acids is 1. The quantitative estimate of drug-likeness (QED) is 0.771. The molecule has 3 rings (SSSR count). The topological polar surface area (TPSA) is 80.1 Å². The Morgan fingerprint density at radius 3 is 3.00 bits per heavy atom. The van der Waals surface area contributed by atoms with Gasteiger partial charge >= 0.3 is 0 Å². The molecule has 6 nitrogen and oxygen atoms in total. The molecule has 6 heteroatoms. The molecular formula is C12H9N5O. The van der Waals surface area contributed by atoms with Crippen molar-refractivity contribution in [3.63, 3.8) is 0 Å². The summed E-state index contributed by atoms with van der Waals surface area (Å²) in [6, 6.07) is 5.49. The average Bonchev–Trinajstić information content (AvgIpc) is 2.39. The van der Waals surface area contributed by atoms with Crippen LogP contribution in [0, 0.1) is 0 Å². The summed E-state index contributed by atoms with van der Waals surface area (Å²) in [7, 11) is 0. The number of pyridine rings is 1. The van der Waals surface area contributed by atoms with Crippen molar-refractivity contribution in [1.82, 2.24) is 15.0 Å². The number of hydrogen-bond acceptors (Lipinski definition) is 6. The van der Waals surface area contributed by atoms with Crippen LogP contribution in [-0.4, -0.2) is 27.3 Å². The summed E-state index contributed by atoms with van der Waals surface area (Å²) >= 11 is 0. The molecule has 3 heterocycles. The summed E-state index contributed by atoms with van der Waals surface area (Å²) in [6.45, 7) is 0.170. The fraction of sp³-hybridized carbons (Fsp3) is 0.0833. The Kier molecular flexibility index (Phi) is 2.53. The van der Waals surface area contributed by atoms with E-state index < -0.39 is 0 Å². The Morgan fingerprint density at radius 1 is 1.22 bits per heavy atom. The first-order valence-corrected chi connectivity index (χ1v) is 5.41. The van der Waals surface area contributed by atoms with E-state index in [9.17, 15) is 4.79 Å². The molecule has 0 atom stereocenters. The molecule has 0 saturated heterocycles. The van der Waals surface area contributed by atoms with Gasteiger partial charge in [-0.3, -0.25) is 9.79 Å². The first kappa shape index (κ1) is 10.5. The summed E-state index contributed by atoms with van der Waals surface area (Å²) in [5.41, 5.74) is 0. The molecule has 2 aromatic heterocycles. The number of fused-ring (bicyclic) bond motifs is 1. The lowest BCUT2D eigenvalue weighted by Gasteiger charge is -2.04. The molecule has 0 unspecified atom stereocenters. The Bertz CT molecular complexity index is 711. The summed E-state index contributed by atoms with van der Waals surface area (Å²) in [6.07, 6.45) is 4.75. The fourth-order valence-corrected chi connectivity index (χ4v) is 1.59. The van der Waals surface area contributed by atoms with E-state index in [1.807, 2.05) is 18.2 Å². The van der Waals surface area contributed by atoms with Gasteiger partial charge in [0.1, 0.15) is 17.7 Å². The molecule has 0 saturated carbocycles. The van der Waals surface area contributed by atoms with Crippen LogP contribution in [0.15, 0.2) is 35.6 Å². The lowest BCUT2D eigenvalue weighted by atomic mass is 10.3. The van der Waals surface area contributed by atoms with Gasteiger partial charge in [0.2, 0.25) is 5.95 Å². The number of anilines is 2. The minimum absolute atomic E-state index is 0.0509. The van der Waals surface area contributed by atoms with Gasteiger partial charge in [-0.05, 0) is 12.1 Å². The molecule has 1 aliphatic heterocycles. The largest absolute Gasteiger partial charge is 0.309 e. The maximum absolute atomic E-state index is 11.3. The van der Waals surface area contributed by atoms with Crippen LogP contribution < -0.4 is 16.0 Å². The number of Topliss-reactive ketones (excluding diaryl/α,β-unsaturated/α-hetero) is 1. The van der Waals surface area contributed by atoms with Crippen molar-refractivity contribution >= 4 is 23.6 Å². The summed E-state index contributed by atoms with van der Waals surface area (Å²) in [5.74, 6) is 0.995. The maximum Gasteiger partial charge on any atom is 0.229 e. The van der Waals surface area contributed by atoms with Gasteiger partial charge in [-0.2, -0.15) is 0 Å². The Morgan fingerprint density at radius 2 is 2.17 bits per heavy atom. The van der Waals surface area contributed by atoms with Crippen LogP contribution in [0.25, 0.3) is 6.08 Å². The van der Waals surface area contributed by atoms with Crippen molar-refractivity contribution < 1.29 is 4.79 Å². The van der Waals surface area contributed by atoms with Gasteiger partial charge in [0.15, 0.2) is 5.78 Å². The highest BCUT2D eigenvalue weighted by atomic mass is 16.1. The normalized spacial score (nSPS) is 13.2. The van der Waals surface area contributed by atoms with Gasteiger partial charge in [-0.1, -0.05) is 6.07 Å². The maximum atomic E-state index is 11.3. The number of nitrogens with one attached hydrogen (secondary N) is 1. The van der Waals surface area contributed by atoms with Gasteiger partial charge in [0.25, 0.3) is 0 Å². The highest BCUT2D eigenvalue weighted by Crippen LogP contribution is 2.05. The molecule has 0 fully saturated rings. The molecular weight excluding hydrogens is 230 g/mol.